The van der Waals surface area contributed by atoms with Gasteiger partial charge < -0.3 is 10.1 Å². The molecule has 1 saturated heterocycles. The molecular formula is C11H20ClNO2. The molecule has 0 saturated carbocycles. The molecule has 15 heavy (non-hydrogen) atoms. The van der Waals surface area contributed by atoms with Gasteiger partial charge in [0.05, 0.1) is 0 Å². The van der Waals surface area contributed by atoms with E-state index >= 15 is 0 Å². The molecule has 2 atom stereocenters. The van der Waals surface area contributed by atoms with E-state index in [1.807, 2.05) is 0 Å². The Morgan fingerprint density at radius 2 is 2.47 bits per heavy atom. The lowest BCUT2D eigenvalue weighted by molar-refractivity contribution is -0.130. The summed E-state index contributed by atoms with van der Waals surface area (Å²) >= 11 is 5.68. The first-order valence-corrected chi connectivity index (χ1v) is 6.26. The molecule has 2 unspecified atom stereocenters. The minimum absolute atomic E-state index is 0.0422. The third kappa shape index (κ3) is 4.39. The Morgan fingerprint density at radius 1 is 1.67 bits per heavy atom. The highest BCUT2D eigenvalue weighted by Crippen LogP contribution is 2.13. The molecule has 4 heteroatoms. The molecule has 1 heterocycles. The zero-order valence-corrected chi connectivity index (χ0v) is 10.1. The summed E-state index contributed by atoms with van der Waals surface area (Å²) in [6.07, 6.45) is 3.66. The molecule has 0 aromatic rings. The number of amides is 1. The molecule has 3 nitrogen and oxygen atoms in total. The van der Waals surface area contributed by atoms with E-state index in [1.54, 1.807) is 0 Å². The number of ether oxygens (including phenoxy) is 1. The van der Waals surface area contributed by atoms with Crippen molar-refractivity contribution < 1.29 is 9.53 Å². The van der Waals surface area contributed by atoms with E-state index < -0.39 is 0 Å². The van der Waals surface area contributed by atoms with Gasteiger partial charge >= 0.3 is 0 Å². The van der Waals surface area contributed by atoms with Crippen LogP contribution in [0.3, 0.4) is 0 Å². The van der Waals surface area contributed by atoms with Gasteiger partial charge in [-0.25, -0.2) is 0 Å². The van der Waals surface area contributed by atoms with Crippen molar-refractivity contribution in [2.75, 3.05) is 19.0 Å². The van der Waals surface area contributed by atoms with Gasteiger partial charge in [-0.2, -0.15) is 0 Å². The lowest BCUT2D eigenvalue weighted by atomic mass is 10.0. The Labute approximate surface area is 96.5 Å². The maximum absolute atomic E-state index is 11.6. The highest BCUT2D eigenvalue weighted by molar-refractivity contribution is 6.17. The van der Waals surface area contributed by atoms with Gasteiger partial charge in [0.15, 0.2) is 0 Å². The molecule has 0 aromatic carbocycles. The minimum Gasteiger partial charge on any atom is -0.368 e. The number of carbonyl (C=O) groups excluding carboxylic acids is 1. The van der Waals surface area contributed by atoms with Crippen LogP contribution >= 0.6 is 11.6 Å². The van der Waals surface area contributed by atoms with Gasteiger partial charge in [0.25, 0.3) is 0 Å². The zero-order chi connectivity index (χ0) is 11.1. The highest BCUT2D eigenvalue weighted by Gasteiger charge is 2.23. The third-order valence-corrected chi connectivity index (χ3v) is 3.10. The third-order valence-electron chi connectivity index (χ3n) is 2.88. The van der Waals surface area contributed by atoms with Crippen molar-refractivity contribution in [1.82, 2.24) is 5.32 Å². The fourth-order valence-corrected chi connectivity index (χ4v) is 2.06. The largest absolute Gasteiger partial charge is 0.368 e. The monoisotopic (exact) mass is 233 g/mol. The lowest BCUT2D eigenvalue weighted by Gasteiger charge is -2.16. The summed E-state index contributed by atoms with van der Waals surface area (Å²) in [5.41, 5.74) is 0. The number of hydrogen-bond acceptors (Lipinski definition) is 2. The van der Waals surface area contributed by atoms with Crippen LogP contribution in [-0.2, 0) is 9.53 Å². The smallest absolute Gasteiger partial charge is 0.249 e. The lowest BCUT2D eigenvalue weighted by Crippen LogP contribution is -2.37. The van der Waals surface area contributed by atoms with Crippen molar-refractivity contribution in [3.05, 3.63) is 0 Å². The summed E-state index contributed by atoms with van der Waals surface area (Å²) in [7, 11) is 0. The van der Waals surface area contributed by atoms with Gasteiger partial charge in [-0.05, 0) is 25.2 Å². The summed E-state index contributed by atoms with van der Waals surface area (Å²) < 4.78 is 5.30. The van der Waals surface area contributed by atoms with Gasteiger partial charge in [-0.3, -0.25) is 4.79 Å². The molecule has 88 valence electrons. The van der Waals surface area contributed by atoms with Gasteiger partial charge in [0.2, 0.25) is 5.91 Å². The minimum atomic E-state index is -0.210. The van der Waals surface area contributed by atoms with E-state index in [1.165, 1.54) is 0 Å². The SMILES string of the molecule is CCC(CCCl)CNC(=O)C1CCCO1. The Morgan fingerprint density at radius 3 is 3.00 bits per heavy atom. The van der Waals surface area contributed by atoms with Crippen LogP contribution in [0.4, 0.5) is 0 Å². The second-order valence-electron chi connectivity index (χ2n) is 4.00. The first-order chi connectivity index (χ1) is 7.27. The first kappa shape index (κ1) is 12.8. The molecule has 0 bridgehead atoms. The number of halogens is 1. The molecule has 1 aliphatic rings. The second kappa shape index (κ2) is 7.07. The molecule has 1 amide bonds. The van der Waals surface area contributed by atoms with Gasteiger partial charge in [0, 0.05) is 19.0 Å². The average molecular weight is 234 g/mol. The van der Waals surface area contributed by atoms with Crippen molar-refractivity contribution in [2.24, 2.45) is 5.92 Å². The number of nitrogens with one attached hydrogen (secondary N) is 1. The fraction of sp³-hybridized carbons (Fsp3) is 0.909. The first-order valence-electron chi connectivity index (χ1n) is 5.73. The highest BCUT2D eigenvalue weighted by atomic mass is 35.5. The maximum Gasteiger partial charge on any atom is 0.249 e. The average Bonchev–Trinajstić information content (AvgIpc) is 2.77. The Kier molecular flexibility index (Phi) is 6.03. The van der Waals surface area contributed by atoms with Crippen molar-refractivity contribution in [1.29, 1.82) is 0 Å². The Balaban J connectivity index is 2.19. The van der Waals surface area contributed by atoms with Crippen LogP contribution in [0.5, 0.6) is 0 Å². The number of alkyl halides is 1. The number of carbonyl (C=O) groups is 1. The molecule has 0 aromatic heterocycles. The quantitative estimate of drug-likeness (QED) is 0.712. The van der Waals surface area contributed by atoms with E-state index in [0.29, 0.717) is 11.8 Å². The van der Waals surface area contributed by atoms with Crippen molar-refractivity contribution in [3.63, 3.8) is 0 Å². The van der Waals surface area contributed by atoms with E-state index in [4.69, 9.17) is 16.3 Å². The summed E-state index contributed by atoms with van der Waals surface area (Å²) in [6.45, 7) is 3.56. The molecular weight excluding hydrogens is 214 g/mol. The summed E-state index contributed by atoms with van der Waals surface area (Å²) in [5.74, 6) is 1.20. The summed E-state index contributed by atoms with van der Waals surface area (Å²) in [5, 5.41) is 2.94. The van der Waals surface area contributed by atoms with Crippen LogP contribution in [0.25, 0.3) is 0 Å². The predicted molar refractivity (Wildman–Crippen MR) is 61.1 cm³/mol. The van der Waals surface area contributed by atoms with E-state index in [9.17, 15) is 4.79 Å². The standard InChI is InChI=1S/C11H20ClNO2/c1-2-9(5-6-12)8-13-11(14)10-4-3-7-15-10/h9-10H,2-8H2,1H3,(H,13,14). The zero-order valence-electron chi connectivity index (χ0n) is 9.30. The molecule has 1 aliphatic heterocycles. The van der Waals surface area contributed by atoms with E-state index in [0.717, 1.165) is 38.8 Å². The van der Waals surface area contributed by atoms with Crippen LogP contribution in [0, 0.1) is 5.92 Å². The van der Waals surface area contributed by atoms with Crippen LogP contribution in [0.2, 0.25) is 0 Å². The molecule has 0 radical (unpaired) electrons. The molecule has 1 rings (SSSR count). The summed E-state index contributed by atoms with van der Waals surface area (Å²) in [6, 6.07) is 0. The number of hydrogen-bond donors (Lipinski definition) is 1. The topological polar surface area (TPSA) is 38.3 Å². The summed E-state index contributed by atoms with van der Waals surface area (Å²) in [4.78, 5) is 11.6. The van der Waals surface area contributed by atoms with E-state index in [2.05, 4.69) is 12.2 Å². The van der Waals surface area contributed by atoms with Crippen LogP contribution in [0.15, 0.2) is 0 Å². The van der Waals surface area contributed by atoms with Crippen molar-refractivity contribution >= 4 is 17.5 Å². The van der Waals surface area contributed by atoms with E-state index in [-0.39, 0.29) is 12.0 Å². The predicted octanol–water partition coefficient (Wildman–Crippen LogP) is 1.94. The molecule has 0 aliphatic carbocycles. The molecule has 1 N–H and O–H groups in total. The van der Waals surface area contributed by atoms with Gasteiger partial charge in [-0.1, -0.05) is 13.3 Å². The van der Waals surface area contributed by atoms with Crippen molar-refractivity contribution in [3.8, 4) is 0 Å². The number of rotatable bonds is 6. The normalized spacial score (nSPS) is 22.7. The van der Waals surface area contributed by atoms with Gasteiger partial charge in [-0.15, -0.1) is 11.6 Å². The van der Waals surface area contributed by atoms with Crippen LogP contribution in [0.1, 0.15) is 32.6 Å². The maximum atomic E-state index is 11.6. The van der Waals surface area contributed by atoms with Crippen molar-refractivity contribution in [2.45, 2.75) is 38.7 Å². The fourth-order valence-electron chi connectivity index (χ4n) is 1.75. The van der Waals surface area contributed by atoms with Crippen LogP contribution in [-0.4, -0.2) is 31.0 Å². The second-order valence-corrected chi connectivity index (χ2v) is 4.38. The van der Waals surface area contributed by atoms with Crippen LogP contribution < -0.4 is 5.32 Å². The Hall–Kier alpha value is -0.280. The van der Waals surface area contributed by atoms with Gasteiger partial charge in [0.1, 0.15) is 6.10 Å². The molecule has 1 fully saturated rings. The molecule has 0 spiro atoms. The Bertz CT molecular complexity index is 193.